The van der Waals surface area contributed by atoms with E-state index < -0.39 is 29.3 Å². The molecule has 0 aliphatic rings. The molecule has 3 aromatic rings. The minimum absolute atomic E-state index is 0.231. The Morgan fingerprint density at radius 3 is 1.95 bits per heavy atom. The van der Waals surface area contributed by atoms with Gasteiger partial charge in [-0.1, -0.05) is 79.7 Å². The van der Waals surface area contributed by atoms with Crippen LogP contribution >= 0.6 is 0 Å². The van der Waals surface area contributed by atoms with Gasteiger partial charge < -0.3 is 20.3 Å². The largest absolute Gasteiger partial charge is 0.444 e. The number of carbonyl (C=O) groups is 3. The van der Waals surface area contributed by atoms with E-state index in [4.69, 9.17) is 4.74 Å². The van der Waals surface area contributed by atoms with Gasteiger partial charge in [0.25, 0.3) is 5.91 Å². The molecule has 3 rings (SSSR count). The van der Waals surface area contributed by atoms with Crippen molar-refractivity contribution in [1.82, 2.24) is 10.2 Å². The Labute approximate surface area is 250 Å². The number of ether oxygens (including phenoxy) is 1. The number of benzene rings is 3. The van der Waals surface area contributed by atoms with Gasteiger partial charge in [0.15, 0.2) is 0 Å². The standard InChI is InChI=1S/C35H45N3O4/c1-9-35(7,8)38(32(40)29(23-26-19-11-10-12-20-26)37-33(41)42-34(4,5)6)30(27-21-15-13-17-24(27)2)31(39)36-28-22-16-14-18-25(28)3/h10-22,29-30H,9,23H2,1-8H3,(H,36,39)(H,37,41). The number of para-hydroxylation sites is 1. The first-order chi connectivity index (χ1) is 19.7. The van der Waals surface area contributed by atoms with E-state index in [1.807, 2.05) is 113 Å². The lowest BCUT2D eigenvalue weighted by Crippen LogP contribution is -2.59. The van der Waals surface area contributed by atoms with Crippen molar-refractivity contribution in [3.63, 3.8) is 0 Å². The number of aryl methyl sites for hydroxylation is 2. The van der Waals surface area contributed by atoms with Crippen LogP contribution in [0.5, 0.6) is 0 Å². The van der Waals surface area contributed by atoms with Crippen LogP contribution in [0, 0.1) is 13.8 Å². The van der Waals surface area contributed by atoms with Gasteiger partial charge in [0.05, 0.1) is 0 Å². The van der Waals surface area contributed by atoms with E-state index in [0.717, 1.165) is 16.7 Å². The van der Waals surface area contributed by atoms with Gasteiger partial charge in [0, 0.05) is 17.6 Å². The van der Waals surface area contributed by atoms with Crippen LogP contribution in [0.1, 0.15) is 76.3 Å². The first-order valence-corrected chi connectivity index (χ1v) is 14.5. The molecule has 0 spiro atoms. The predicted molar refractivity (Wildman–Crippen MR) is 168 cm³/mol. The summed E-state index contributed by atoms with van der Waals surface area (Å²) in [5.74, 6) is -0.700. The Hall–Kier alpha value is -4.13. The second-order valence-electron chi connectivity index (χ2n) is 12.3. The molecule has 2 atom stereocenters. The van der Waals surface area contributed by atoms with Gasteiger partial charge in [-0.05, 0) is 83.2 Å². The van der Waals surface area contributed by atoms with E-state index in [-0.39, 0.29) is 18.2 Å². The molecule has 0 fully saturated rings. The highest BCUT2D eigenvalue weighted by molar-refractivity contribution is 6.00. The summed E-state index contributed by atoms with van der Waals surface area (Å²) in [6.45, 7) is 15.1. The molecule has 0 saturated carbocycles. The summed E-state index contributed by atoms with van der Waals surface area (Å²) >= 11 is 0. The highest BCUT2D eigenvalue weighted by Crippen LogP contribution is 2.35. The van der Waals surface area contributed by atoms with Crippen LogP contribution in [0.2, 0.25) is 0 Å². The van der Waals surface area contributed by atoms with Gasteiger partial charge >= 0.3 is 6.09 Å². The minimum atomic E-state index is -0.981. The first-order valence-electron chi connectivity index (χ1n) is 14.5. The highest BCUT2D eigenvalue weighted by Gasteiger charge is 2.43. The third kappa shape index (κ3) is 8.44. The second-order valence-corrected chi connectivity index (χ2v) is 12.3. The van der Waals surface area contributed by atoms with Crippen molar-refractivity contribution in [3.05, 3.63) is 101 Å². The number of rotatable bonds is 10. The number of hydrogen-bond acceptors (Lipinski definition) is 4. The maximum Gasteiger partial charge on any atom is 0.408 e. The molecule has 0 saturated heterocycles. The molecule has 0 heterocycles. The summed E-state index contributed by atoms with van der Waals surface area (Å²) in [4.78, 5) is 43.8. The SMILES string of the molecule is CCC(C)(C)N(C(=O)C(Cc1ccccc1)NC(=O)OC(C)(C)C)C(C(=O)Nc1ccccc1C)c1ccccc1C. The number of carbonyl (C=O) groups excluding carboxylic acids is 3. The van der Waals surface area contributed by atoms with Crippen LogP contribution < -0.4 is 10.6 Å². The predicted octanol–water partition coefficient (Wildman–Crippen LogP) is 7.14. The number of hydrogen-bond donors (Lipinski definition) is 2. The zero-order valence-corrected chi connectivity index (χ0v) is 26.2. The molecular formula is C35H45N3O4. The second kappa shape index (κ2) is 13.7. The number of amides is 3. The normalized spacial score (nSPS) is 13.0. The fourth-order valence-corrected chi connectivity index (χ4v) is 4.82. The molecule has 2 N–H and O–H groups in total. The summed E-state index contributed by atoms with van der Waals surface area (Å²) in [6, 6.07) is 22.7. The van der Waals surface area contributed by atoms with Gasteiger partial charge in [-0.2, -0.15) is 0 Å². The van der Waals surface area contributed by atoms with E-state index in [1.165, 1.54) is 0 Å². The summed E-state index contributed by atoms with van der Waals surface area (Å²) in [5, 5.41) is 5.92. The Balaban J connectivity index is 2.15. The van der Waals surface area contributed by atoms with E-state index >= 15 is 0 Å². The van der Waals surface area contributed by atoms with Crippen LogP contribution in [0.3, 0.4) is 0 Å². The molecule has 7 nitrogen and oxygen atoms in total. The summed E-state index contributed by atoms with van der Waals surface area (Å²) < 4.78 is 5.55. The Morgan fingerprint density at radius 1 is 0.810 bits per heavy atom. The number of nitrogens with zero attached hydrogens (tertiary/aromatic N) is 1. The van der Waals surface area contributed by atoms with Crippen LogP contribution in [-0.4, -0.2) is 40.0 Å². The van der Waals surface area contributed by atoms with Gasteiger partial charge in [0.2, 0.25) is 5.91 Å². The minimum Gasteiger partial charge on any atom is -0.444 e. The van der Waals surface area contributed by atoms with Gasteiger partial charge in [-0.25, -0.2) is 4.79 Å². The lowest BCUT2D eigenvalue weighted by atomic mass is 9.89. The molecule has 3 amide bonds. The molecule has 0 radical (unpaired) electrons. The molecule has 7 heteroatoms. The summed E-state index contributed by atoms with van der Waals surface area (Å²) in [5.41, 5.74) is 2.56. The number of alkyl carbamates (subject to hydrolysis) is 1. The summed E-state index contributed by atoms with van der Waals surface area (Å²) in [7, 11) is 0. The third-order valence-corrected chi connectivity index (χ3v) is 7.42. The molecule has 0 aliphatic carbocycles. The van der Waals surface area contributed by atoms with Crippen molar-refractivity contribution in [2.75, 3.05) is 5.32 Å². The fourth-order valence-electron chi connectivity index (χ4n) is 4.82. The van der Waals surface area contributed by atoms with E-state index in [0.29, 0.717) is 17.7 Å². The maximum atomic E-state index is 14.8. The molecule has 2 unspecified atom stereocenters. The smallest absolute Gasteiger partial charge is 0.408 e. The number of nitrogens with one attached hydrogen (secondary N) is 2. The van der Waals surface area contributed by atoms with Crippen LogP contribution in [0.25, 0.3) is 0 Å². The zero-order valence-electron chi connectivity index (χ0n) is 26.2. The topological polar surface area (TPSA) is 87.7 Å². The highest BCUT2D eigenvalue weighted by atomic mass is 16.6. The van der Waals surface area contributed by atoms with Crippen LogP contribution in [0.4, 0.5) is 10.5 Å². The molecule has 0 aromatic heterocycles. The molecule has 42 heavy (non-hydrogen) atoms. The molecule has 0 bridgehead atoms. The van der Waals surface area contributed by atoms with E-state index in [1.54, 1.807) is 25.7 Å². The maximum absolute atomic E-state index is 14.8. The van der Waals surface area contributed by atoms with Gasteiger partial charge in [-0.3, -0.25) is 9.59 Å². The average Bonchev–Trinajstić information content (AvgIpc) is 2.92. The molecule has 0 aliphatic heterocycles. The van der Waals surface area contributed by atoms with Crippen molar-refractivity contribution >= 4 is 23.6 Å². The lowest BCUT2D eigenvalue weighted by molar-refractivity contribution is -0.147. The van der Waals surface area contributed by atoms with Crippen molar-refractivity contribution in [3.8, 4) is 0 Å². The summed E-state index contributed by atoms with van der Waals surface area (Å²) in [6.07, 6.45) is 0.112. The Kier molecular flexibility index (Phi) is 10.6. The molecule has 224 valence electrons. The fraction of sp³-hybridized carbons (Fsp3) is 0.400. The van der Waals surface area contributed by atoms with Crippen molar-refractivity contribution in [2.45, 2.75) is 91.5 Å². The number of anilines is 1. The monoisotopic (exact) mass is 571 g/mol. The van der Waals surface area contributed by atoms with Gasteiger partial charge in [0.1, 0.15) is 17.7 Å². The first kappa shape index (κ1) is 32.4. The quantitative estimate of drug-likeness (QED) is 0.271. The molecule has 3 aromatic carbocycles. The lowest BCUT2D eigenvalue weighted by Gasteiger charge is -2.45. The Bertz CT molecular complexity index is 1380. The van der Waals surface area contributed by atoms with Crippen molar-refractivity contribution < 1.29 is 19.1 Å². The van der Waals surface area contributed by atoms with Crippen LogP contribution in [-0.2, 0) is 20.7 Å². The van der Waals surface area contributed by atoms with Crippen molar-refractivity contribution in [2.24, 2.45) is 0 Å². The third-order valence-electron chi connectivity index (χ3n) is 7.42. The molecular weight excluding hydrogens is 526 g/mol. The van der Waals surface area contributed by atoms with Crippen LogP contribution in [0.15, 0.2) is 78.9 Å². The Morgan fingerprint density at radius 2 is 1.38 bits per heavy atom. The zero-order chi connectivity index (χ0) is 31.1. The van der Waals surface area contributed by atoms with Crippen molar-refractivity contribution in [1.29, 1.82) is 0 Å². The van der Waals surface area contributed by atoms with Gasteiger partial charge in [-0.15, -0.1) is 0 Å². The van der Waals surface area contributed by atoms with E-state index in [2.05, 4.69) is 10.6 Å². The average molecular weight is 572 g/mol. The van der Waals surface area contributed by atoms with E-state index in [9.17, 15) is 14.4 Å².